The molecule has 2 aliphatic heterocycles. The van der Waals surface area contributed by atoms with Gasteiger partial charge in [-0.3, -0.25) is 14.4 Å². The number of nitrogens with zero attached hydrogens (tertiary/aromatic N) is 1. The van der Waals surface area contributed by atoms with E-state index in [1.807, 2.05) is 6.07 Å². The van der Waals surface area contributed by atoms with Crippen molar-refractivity contribution in [2.24, 2.45) is 0 Å². The maximum absolute atomic E-state index is 12.2. The normalized spacial score (nSPS) is 16.0. The topological polar surface area (TPSA) is 108 Å². The SMILES string of the molecule is O=C(NCC(O)c1ccc2c(c1)CCO2)C(=O)Nc1cccc(N2CCCC2=O)c1. The molecule has 8 nitrogen and oxygen atoms in total. The van der Waals surface area contributed by atoms with E-state index >= 15 is 0 Å². The molecule has 0 saturated carbocycles. The van der Waals surface area contributed by atoms with Crippen LogP contribution in [0.3, 0.4) is 0 Å². The number of hydrogen-bond acceptors (Lipinski definition) is 5. The van der Waals surface area contributed by atoms with Crippen molar-refractivity contribution in [2.45, 2.75) is 25.4 Å². The average molecular weight is 409 g/mol. The molecule has 156 valence electrons. The number of ether oxygens (including phenoxy) is 1. The summed E-state index contributed by atoms with van der Waals surface area (Å²) >= 11 is 0. The van der Waals surface area contributed by atoms with Gasteiger partial charge in [-0.2, -0.15) is 0 Å². The number of nitrogens with one attached hydrogen (secondary N) is 2. The van der Waals surface area contributed by atoms with Crippen molar-refractivity contribution in [1.82, 2.24) is 5.32 Å². The molecule has 1 unspecified atom stereocenters. The molecule has 1 saturated heterocycles. The monoisotopic (exact) mass is 409 g/mol. The molecule has 0 spiro atoms. The molecular formula is C22H23N3O5. The zero-order valence-corrected chi connectivity index (χ0v) is 16.4. The molecule has 0 aliphatic carbocycles. The molecule has 1 atom stereocenters. The Morgan fingerprint density at radius 1 is 1.13 bits per heavy atom. The lowest BCUT2D eigenvalue weighted by molar-refractivity contribution is -0.136. The van der Waals surface area contributed by atoms with Crippen molar-refractivity contribution in [1.29, 1.82) is 0 Å². The first kappa shape index (κ1) is 19.9. The minimum absolute atomic E-state index is 0.0447. The molecule has 2 aromatic rings. The summed E-state index contributed by atoms with van der Waals surface area (Å²) in [5, 5.41) is 15.3. The van der Waals surface area contributed by atoms with Gasteiger partial charge >= 0.3 is 11.8 Å². The van der Waals surface area contributed by atoms with Crippen molar-refractivity contribution >= 4 is 29.1 Å². The first-order valence-electron chi connectivity index (χ1n) is 9.94. The number of carbonyl (C=O) groups excluding carboxylic acids is 3. The lowest BCUT2D eigenvalue weighted by Crippen LogP contribution is -2.37. The third-order valence-electron chi connectivity index (χ3n) is 5.25. The maximum Gasteiger partial charge on any atom is 0.313 e. The molecule has 1 fully saturated rings. The van der Waals surface area contributed by atoms with Gasteiger partial charge in [0.1, 0.15) is 5.75 Å². The summed E-state index contributed by atoms with van der Waals surface area (Å²) < 4.78 is 5.44. The molecule has 2 heterocycles. The van der Waals surface area contributed by atoms with Gasteiger partial charge in [-0.15, -0.1) is 0 Å². The van der Waals surface area contributed by atoms with Crippen molar-refractivity contribution in [2.75, 3.05) is 29.9 Å². The van der Waals surface area contributed by atoms with Gasteiger partial charge in [0.15, 0.2) is 0 Å². The Balaban J connectivity index is 1.32. The summed E-state index contributed by atoms with van der Waals surface area (Å²) in [6, 6.07) is 12.2. The van der Waals surface area contributed by atoms with Crippen LogP contribution >= 0.6 is 0 Å². The molecule has 4 rings (SSSR count). The number of rotatable bonds is 5. The van der Waals surface area contributed by atoms with E-state index in [0.29, 0.717) is 36.5 Å². The van der Waals surface area contributed by atoms with E-state index in [4.69, 9.17) is 4.74 Å². The molecule has 2 aromatic carbocycles. The van der Waals surface area contributed by atoms with Crippen molar-refractivity contribution in [3.05, 3.63) is 53.6 Å². The van der Waals surface area contributed by atoms with Gasteiger partial charge in [0.25, 0.3) is 0 Å². The highest BCUT2D eigenvalue weighted by Crippen LogP contribution is 2.28. The van der Waals surface area contributed by atoms with Crippen LogP contribution < -0.4 is 20.3 Å². The largest absolute Gasteiger partial charge is 0.493 e. The predicted octanol–water partition coefficient (Wildman–Crippen LogP) is 1.54. The highest BCUT2D eigenvalue weighted by atomic mass is 16.5. The Hall–Kier alpha value is -3.39. The number of aliphatic hydroxyl groups excluding tert-OH is 1. The Kier molecular flexibility index (Phi) is 5.67. The number of aliphatic hydroxyl groups is 1. The zero-order valence-electron chi connectivity index (χ0n) is 16.4. The molecule has 2 aliphatic rings. The maximum atomic E-state index is 12.2. The highest BCUT2D eigenvalue weighted by Gasteiger charge is 2.22. The standard InChI is InChI=1S/C22H23N3O5/c26-18(14-6-7-19-15(11-14)8-10-30-19)13-23-21(28)22(29)24-16-3-1-4-17(12-16)25-9-2-5-20(25)27/h1,3-4,6-7,11-12,18,26H,2,5,8-10,13H2,(H,23,28)(H,24,29). The fourth-order valence-electron chi connectivity index (χ4n) is 3.66. The zero-order chi connectivity index (χ0) is 21.1. The van der Waals surface area contributed by atoms with Crippen molar-refractivity contribution < 1.29 is 24.2 Å². The van der Waals surface area contributed by atoms with Crippen molar-refractivity contribution in [3.8, 4) is 5.75 Å². The van der Waals surface area contributed by atoms with Crippen molar-refractivity contribution in [3.63, 3.8) is 0 Å². The number of benzene rings is 2. The Morgan fingerprint density at radius 3 is 2.80 bits per heavy atom. The van der Waals surface area contributed by atoms with Crippen LogP contribution in [0.15, 0.2) is 42.5 Å². The van der Waals surface area contributed by atoms with E-state index in [9.17, 15) is 19.5 Å². The lowest BCUT2D eigenvalue weighted by atomic mass is 10.0. The first-order chi connectivity index (χ1) is 14.5. The van der Waals surface area contributed by atoms with Crippen LogP contribution in [0, 0.1) is 0 Å². The fourth-order valence-corrected chi connectivity index (χ4v) is 3.66. The summed E-state index contributed by atoms with van der Waals surface area (Å²) in [5.74, 6) is -0.828. The second-order valence-electron chi connectivity index (χ2n) is 7.34. The van der Waals surface area contributed by atoms with E-state index in [0.717, 1.165) is 24.2 Å². The smallest absolute Gasteiger partial charge is 0.313 e. The fraction of sp³-hybridized carbons (Fsp3) is 0.318. The number of amides is 3. The van der Waals surface area contributed by atoms with Crippen LogP contribution in [0.5, 0.6) is 5.75 Å². The van der Waals surface area contributed by atoms with Gasteiger partial charge in [-0.05, 0) is 47.9 Å². The van der Waals surface area contributed by atoms with Gasteiger partial charge in [0, 0.05) is 37.3 Å². The summed E-state index contributed by atoms with van der Waals surface area (Å²) in [5.41, 5.74) is 2.79. The number of anilines is 2. The van der Waals surface area contributed by atoms with E-state index in [1.165, 1.54) is 0 Å². The van der Waals surface area contributed by atoms with Crippen LogP contribution in [0.25, 0.3) is 0 Å². The Morgan fingerprint density at radius 2 is 2.00 bits per heavy atom. The minimum atomic E-state index is -0.933. The van der Waals surface area contributed by atoms with Gasteiger partial charge in [0.2, 0.25) is 5.91 Å². The number of carbonyl (C=O) groups is 3. The average Bonchev–Trinajstić information content (AvgIpc) is 3.39. The summed E-state index contributed by atoms with van der Waals surface area (Å²) in [6.07, 6.45) is 1.17. The molecule has 0 radical (unpaired) electrons. The third kappa shape index (κ3) is 4.28. The molecule has 30 heavy (non-hydrogen) atoms. The van der Waals surface area contributed by atoms with Crippen LogP contribution in [-0.4, -0.2) is 42.5 Å². The molecule has 3 amide bonds. The second-order valence-corrected chi connectivity index (χ2v) is 7.34. The molecule has 0 bridgehead atoms. The minimum Gasteiger partial charge on any atom is -0.493 e. The molecule has 3 N–H and O–H groups in total. The summed E-state index contributed by atoms with van der Waals surface area (Å²) in [7, 11) is 0. The van der Waals surface area contributed by atoms with Crippen LogP contribution in [-0.2, 0) is 20.8 Å². The molecule has 0 aromatic heterocycles. The van der Waals surface area contributed by atoms with Gasteiger partial charge in [0.05, 0.1) is 12.7 Å². The Bertz CT molecular complexity index is 990. The Labute approximate surface area is 173 Å². The van der Waals surface area contributed by atoms with Crippen LogP contribution in [0.4, 0.5) is 11.4 Å². The lowest BCUT2D eigenvalue weighted by Gasteiger charge is -2.17. The number of hydrogen-bond donors (Lipinski definition) is 3. The third-order valence-corrected chi connectivity index (χ3v) is 5.25. The van der Waals surface area contributed by atoms with E-state index < -0.39 is 17.9 Å². The summed E-state index contributed by atoms with van der Waals surface area (Å²) in [6.45, 7) is 1.18. The predicted molar refractivity (Wildman–Crippen MR) is 110 cm³/mol. The van der Waals surface area contributed by atoms with E-state index in [2.05, 4.69) is 10.6 Å². The molecule has 8 heteroatoms. The summed E-state index contributed by atoms with van der Waals surface area (Å²) in [4.78, 5) is 37.9. The van der Waals surface area contributed by atoms with E-state index in [1.54, 1.807) is 41.3 Å². The van der Waals surface area contributed by atoms with E-state index in [-0.39, 0.29) is 12.5 Å². The number of fused-ring (bicyclic) bond motifs is 1. The van der Waals surface area contributed by atoms with Gasteiger partial charge < -0.3 is 25.4 Å². The highest BCUT2D eigenvalue weighted by molar-refractivity contribution is 6.39. The molecular weight excluding hydrogens is 386 g/mol. The van der Waals surface area contributed by atoms with Crippen LogP contribution in [0.1, 0.15) is 30.1 Å². The van der Waals surface area contributed by atoms with Gasteiger partial charge in [-0.1, -0.05) is 12.1 Å². The van der Waals surface area contributed by atoms with Gasteiger partial charge in [-0.25, -0.2) is 0 Å². The van der Waals surface area contributed by atoms with Crippen LogP contribution in [0.2, 0.25) is 0 Å². The quantitative estimate of drug-likeness (QED) is 0.650. The second kappa shape index (κ2) is 8.54. The first-order valence-corrected chi connectivity index (χ1v) is 9.94.